The fourth-order valence-corrected chi connectivity index (χ4v) is 7.35. The standard InChI is InChI=1S/C30H52N4O2/c1-6-8-9-22(7-2)21-36-28-24(20-32-34(28)19-14-23-12-17-31-18-13-23)27(35)33-26-11-15-29(3,4)25-10-16-30(25,26)5/h20,22-23,25-26,31H,6-19,21H2,1-5H3,(H,33,35). The van der Waals surface area contributed by atoms with Gasteiger partial charge in [-0.15, -0.1) is 0 Å². The molecular weight excluding hydrogens is 448 g/mol. The lowest BCUT2D eigenvalue weighted by Gasteiger charge is -2.62. The molecule has 1 aliphatic heterocycles. The van der Waals surface area contributed by atoms with Gasteiger partial charge in [0.2, 0.25) is 5.88 Å². The van der Waals surface area contributed by atoms with Crippen molar-refractivity contribution in [3.63, 3.8) is 0 Å². The van der Waals surface area contributed by atoms with Crippen LogP contribution in [0, 0.1) is 28.6 Å². The highest BCUT2D eigenvalue weighted by molar-refractivity contribution is 5.96. The van der Waals surface area contributed by atoms with Gasteiger partial charge < -0.3 is 15.4 Å². The smallest absolute Gasteiger partial charge is 0.258 e. The summed E-state index contributed by atoms with van der Waals surface area (Å²) >= 11 is 0. The first kappa shape index (κ1) is 27.5. The number of amides is 1. The zero-order chi connectivity index (χ0) is 25.8. The van der Waals surface area contributed by atoms with Crippen molar-refractivity contribution in [2.45, 2.75) is 118 Å². The predicted octanol–water partition coefficient (Wildman–Crippen LogP) is 6.20. The largest absolute Gasteiger partial charge is 0.477 e. The molecule has 0 bridgehead atoms. The van der Waals surface area contributed by atoms with Gasteiger partial charge >= 0.3 is 0 Å². The minimum absolute atomic E-state index is 0.00342. The Hall–Kier alpha value is -1.56. The maximum absolute atomic E-state index is 13.7. The molecule has 1 amide bonds. The molecule has 204 valence electrons. The summed E-state index contributed by atoms with van der Waals surface area (Å²) in [6.45, 7) is 15.4. The van der Waals surface area contributed by atoms with E-state index in [9.17, 15) is 4.79 Å². The van der Waals surface area contributed by atoms with E-state index in [-0.39, 0.29) is 17.4 Å². The molecule has 0 aromatic carbocycles. The van der Waals surface area contributed by atoms with Crippen LogP contribution < -0.4 is 15.4 Å². The van der Waals surface area contributed by atoms with E-state index in [0.717, 1.165) is 44.8 Å². The first-order valence-electron chi connectivity index (χ1n) is 15.0. The van der Waals surface area contributed by atoms with E-state index < -0.39 is 0 Å². The number of carbonyl (C=O) groups excluding carboxylic acids is 1. The number of carbonyl (C=O) groups is 1. The Labute approximate surface area is 219 Å². The molecule has 1 saturated heterocycles. The maximum atomic E-state index is 13.7. The van der Waals surface area contributed by atoms with E-state index in [2.05, 4.69) is 50.4 Å². The van der Waals surface area contributed by atoms with Crippen molar-refractivity contribution in [3.05, 3.63) is 11.8 Å². The number of nitrogens with zero attached hydrogens (tertiary/aromatic N) is 2. The molecule has 4 atom stereocenters. The van der Waals surface area contributed by atoms with Gasteiger partial charge in [0.05, 0.1) is 12.8 Å². The van der Waals surface area contributed by atoms with Gasteiger partial charge in [0.1, 0.15) is 5.56 Å². The second-order valence-electron chi connectivity index (χ2n) is 12.9. The summed E-state index contributed by atoms with van der Waals surface area (Å²) in [4.78, 5) is 13.7. The number of fused-ring (bicyclic) bond motifs is 1. The normalized spacial score (nSPS) is 28.7. The average molecular weight is 501 g/mol. The maximum Gasteiger partial charge on any atom is 0.258 e. The Morgan fingerprint density at radius 3 is 2.64 bits per heavy atom. The van der Waals surface area contributed by atoms with Gasteiger partial charge in [0.15, 0.2) is 0 Å². The minimum Gasteiger partial charge on any atom is -0.477 e. The third-order valence-electron chi connectivity index (χ3n) is 10.1. The molecule has 4 rings (SSSR count). The third kappa shape index (κ3) is 5.95. The number of hydrogen-bond acceptors (Lipinski definition) is 4. The van der Waals surface area contributed by atoms with Gasteiger partial charge in [-0.3, -0.25) is 4.79 Å². The van der Waals surface area contributed by atoms with Gasteiger partial charge in [-0.1, -0.05) is 53.9 Å². The lowest BCUT2D eigenvalue weighted by atomic mass is 9.45. The molecule has 6 nitrogen and oxygen atoms in total. The molecule has 1 aromatic rings. The number of aryl methyl sites for hydroxylation is 1. The summed E-state index contributed by atoms with van der Waals surface area (Å²) in [7, 11) is 0. The highest BCUT2D eigenvalue weighted by Gasteiger charge is 2.57. The lowest BCUT2D eigenvalue weighted by Crippen LogP contribution is -2.61. The zero-order valence-electron chi connectivity index (χ0n) is 23.7. The van der Waals surface area contributed by atoms with E-state index in [4.69, 9.17) is 4.74 Å². The quantitative estimate of drug-likeness (QED) is 0.358. The van der Waals surface area contributed by atoms with Crippen molar-refractivity contribution in [2.75, 3.05) is 19.7 Å². The topological polar surface area (TPSA) is 68.2 Å². The van der Waals surface area contributed by atoms with E-state index >= 15 is 0 Å². The molecule has 0 radical (unpaired) electrons. The molecule has 1 aromatic heterocycles. The van der Waals surface area contributed by atoms with Crippen LogP contribution >= 0.6 is 0 Å². The van der Waals surface area contributed by atoms with Crippen molar-refractivity contribution >= 4 is 5.91 Å². The molecule has 0 spiro atoms. The number of piperidine rings is 1. The summed E-state index contributed by atoms with van der Waals surface area (Å²) in [5.74, 6) is 2.61. The number of hydrogen-bond donors (Lipinski definition) is 2. The minimum atomic E-state index is -0.00342. The molecule has 2 N–H and O–H groups in total. The number of rotatable bonds is 12. The third-order valence-corrected chi connectivity index (χ3v) is 10.1. The van der Waals surface area contributed by atoms with Crippen LogP contribution in [0.15, 0.2) is 6.20 Å². The highest BCUT2D eigenvalue weighted by atomic mass is 16.5. The second-order valence-corrected chi connectivity index (χ2v) is 12.9. The SMILES string of the molecule is CCCCC(CC)COc1c(C(=O)NC2CCC(C)(C)C3CCC23C)cnn1CCC1CCNCC1. The van der Waals surface area contributed by atoms with Crippen LogP contribution in [0.4, 0.5) is 0 Å². The molecule has 2 heterocycles. The van der Waals surface area contributed by atoms with Crippen LogP contribution in [0.5, 0.6) is 5.88 Å². The summed E-state index contributed by atoms with van der Waals surface area (Å²) in [6.07, 6.45) is 14.7. The first-order valence-corrected chi connectivity index (χ1v) is 15.0. The molecule has 36 heavy (non-hydrogen) atoms. The number of nitrogens with one attached hydrogen (secondary N) is 2. The van der Waals surface area contributed by atoms with Crippen molar-refractivity contribution in [1.82, 2.24) is 20.4 Å². The van der Waals surface area contributed by atoms with Crippen LogP contribution in [0.1, 0.15) is 116 Å². The number of ether oxygens (including phenoxy) is 1. The molecule has 6 heteroatoms. The Bertz CT molecular complexity index is 859. The molecule has 2 saturated carbocycles. The number of aromatic nitrogens is 2. The van der Waals surface area contributed by atoms with Crippen LogP contribution in [0.3, 0.4) is 0 Å². The predicted molar refractivity (Wildman–Crippen MR) is 146 cm³/mol. The summed E-state index contributed by atoms with van der Waals surface area (Å²) in [6, 6.07) is 0.232. The van der Waals surface area contributed by atoms with Crippen molar-refractivity contribution < 1.29 is 9.53 Å². The van der Waals surface area contributed by atoms with E-state index in [1.807, 2.05) is 4.68 Å². The van der Waals surface area contributed by atoms with Gasteiger partial charge in [0, 0.05) is 12.6 Å². The fourth-order valence-electron chi connectivity index (χ4n) is 7.35. The summed E-state index contributed by atoms with van der Waals surface area (Å²) < 4.78 is 8.43. The van der Waals surface area contributed by atoms with E-state index in [1.54, 1.807) is 6.20 Å². The number of unbranched alkanes of at least 4 members (excludes halogenated alkanes) is 1. The van der Waals surface area contributed by atoms with Crippen LogP contribution in [0.25, 0.3) is 0 Å². The van der Waals surface area contributed by atoms with Crippen molar-refractivity contribution in [1.29, 1.82) is 0 Å². The Morgan fingerprint density at radius 1 is 1.19 bits per heavy atom. The zero-order valence-corrected chi connectivity index (χ0v) is 23.7. The monoisotopic (exact) mass is 500 g/mol. The first-order chi connectivity index (χ1) is 17.3. The molecule has 3 fully saturated rings. The van der Waals surface area contributed by atoms with Crippen molar-refractivity contribution in [2.24, 2.45) is 28.6 Å². The lowest BCUT2D eigenvalue weighted by molar-refractivity contribution is -0.104. The fraction of sp³-hybridized carbons (Fsp3) is 0.867. The molecule has 4 unspecified atom stereocenters. The summed E-state index contributed by atoms with van der Waals surface area (Å²) in [5.41, 5.74) is 1.20. The Kier molecular flexibility index (Phi) is 9.06. The Morgan fingerprint density at radius 2 is 1.97 bits per heavy atom. The van der Waals surface area contributed by atoms with Gasteiger partial charge in [0.25, 0.3) is 5.91 Å². The van der Waals surface area contributed by atoms with Crippen molar-refractivity contribution in [3.8, 4) is 5.88 Å². The summed E-state index contributed by atoms with van der Waals surface area (Å²) in [5, 5.41) is 11.6. The van der Waals surface area contributed by atoms with Gasteiger partial charge in [-0.2, -0.15) is 5.10 Å². The highest BCUT2D eigenvalue weighted by Crippen LogP contribution is 2.62. The van der Waals surface area contributed by atoms with Crippen LogP contribution in [0.2, 0.25) is 0 Å². The van der Waals surface area contributed by atoms with Gasteiger partial charge in [-0.25, -0.2) is 4.68 Å². The second kappa shape index (κ2) is 11.9. The molecular formula is C30H52N4O2. The van der Waals surface area contributed by atoms with E-state index in [1.165, 1.54) is 51.4 Å². The average Bonchev–Trinajstić information content (AvgIpc) is 3.26. The van der Waals surface area contributed by atoms with Crippen LogP contribution in [-0.2, 0) is 6.54 Å². The van der Waals surface area contributed by atoms with E-state index in [0.29, 0.717) is 35.3 Å². The van der Waals surface area contributed by atoms with Gasteiger partial charge in [-0.05, 0) is 93.0 Å². The molecule has 3 aliphatic rings. The Balaban J connectivity index is 1.47. The molecule has 2 aliphatic carbocycles. The van der Waals surface area contributed by atoms with Crippen LogP contribution in [-0.4, -0.2) is 41.4 Å².